The maximum absolute atomic E-state index is 6.35. The molecule has 0 aliphatic carbocycles. The van der Waals surface area contributed by atoms with Crippen LogP contribution in [-0.2, 0) is 13.0 Å². The summed E-state index contributed by atoms with van der Waals surface area (Å²) in [6.45, 7) is 3.42. The van der Waals surface area contributed by atoms with Crippen molar-refractivity contribution >= 4 is 28.9 Å². The van der Waals surface area contributed by atoms with Gasteiger partial charge in [0.2, 0.25) is 5.95 Å². The summed E-state index contributed by atoms with van der Waals surface area (Å²) >= 11 is 6.35. The molecule has 0 fully saturated rings. The highest BCUT2D eigenvalue weighted by molar-refractivity contribution is 6.32. The molecule has 1 atom stereocenters. The molecule has 32 heavy (non-hydrogen) atoms. The Labute approximate surface area is 189 Å². The van der Waals surface area contributed by atoms with Crippen LogP contribution in [0.1, 0.15) is 12.5 Å². The number of ether oxygens (including phenoxy) is 1. The summed E-state index contributed by atoms with van der Waals surface area (Å²) in [4.78, 5) is 8.93. The second-order valence-electron chi connectivity index (χ2n) is 7.57. The minimum Gasteiger partial charge on any atom is -0.487 e. The number of hydrogen-bond acceptors (Lipinski definition) is 8. The number of benzene rings is 2. The van der Waals surface area contributed by atoms with Gasteiger partial charge >= 0.3 is 0 Å². The van der Waals surface area contributed by atoms with Crippen molar-refractivity contribution in [2.24, 2.45) is 0 Å². The van der Waals surface area contributed by atoms with Crippen molar-refractivity contribution in [2.75, 3.05) is 17.2 Å². The number of hydrogen-bond donors (Lipinski definition) is 2. The first-order valence-electron chi connectivity index (χ1n) is 10.3. The number of nitrogens with one attached hydrogen (secondary N) is 2. The van der Waals surface area contributed by atoms with E-state index in [1.54, 1.807) is 29.5 Å². The largest absolute Gasteiger partial charge is 0.487 e. The predicted octanol–water partition coefficient (Wildman–Crippen LogP) is 3.96. The second-order valence-corrected chi connectivity index (χ2v) is 7.98. The molecule has 2 aromatic heterocycles. The summed E-state index contributed by atoms with van der Waals surface area (Å²) in [5.41, 5.74) is 5.22. The third kappa shape index (κ3) is 4.47. The highest BCUT2D eigenvalue weighted by Gasteiger charge is 2.13. The predicted molar refractivity (Wildman–Crippen MR) is 122 cm³/mol. The van der Waals surface area contributed by atoms with Crippen molar-refractivity contribution in [2.45, 2.75) is 26.0 Å². The van der Waals surface area contributed by atoms with Gasteiger partial charge in [-0.2, -0.15) is 0 Å². The van der Waals surface area contributed by atoms with E-state index in [-0.39, 0.29) is 6.10 Å². The van der Waals surface area contributed by atoms with Gasteiger partial charge < -0.3 is 15.4 Å². The number of anilines is 3. The molecule has 4 aromatic rings. The Bertz CT molecular complexity index is 1210. The van der Waals surface area contributed by atoms with Gasteiger partial charge in [0.15, 0.2) is 0 Å². The van der Waals surface area contributed by atoms with E-state index < -0.39 is 0 Å². The van der Waals surface area contributed by atoms with Gasteiger partial charge in [-0.05, 0) is 59.2 Å². The Morgan fingerprint density at radius 3 is 2.84 bits per heavy atom. The Morgan fingerprint density at radius 2 is 2.03 bits per heavy atom. The molecule has 0 saturated carbocycles. The average Bonchev–Trinajstić information content (AvgIpc) is 3.47. The first-order chi connectivity index (χ1) is 15.6. The highest BCUT2D eigenvalue weighted by atomic mass is 35.5. The number of halogens is 1. The van der Waals surface area contributed by atoms with Gasteiger partial charge in [-0.3, -0.25) is 0 Å². The minimum atomic E-state index is -0.170. The molecular formula is C22H21ClN8O. The highest BCUT2D eigenvalue weighted by Crippen LogP contribution is 2.31. The van der Waals surface area contributed by atoms with Gasteiger partial charge in [0.25, 0.3) is 0 Å². The van der Waals surface area contributed by atoms with Crippen molar-refractivity contribution in [1.82, 2.24) is 30.2 Å². The lowest BCUT2D eigenvalue weighted by Crippen LogP contribution is -2.20. The Morgan fingerprint density at radius 1 is 1.16 bits per heavy atom. The fourth-order valence-corrected chi connectivity index (χ4v) is 3.76. The third-order valence-corrected chi connectivity index (χ3v) is 5.47. The quantitative estimate of drug-likeness (QED) is 0.438. The summed E-state index contributed by atoms with van der Waals surface area (Å²) in [5.74, 6) is 1.12. The normalized spacial score (nSPS) is 13.3. The van der Waals surface area contributed by atoms with Gasteiger partial charge in [-0.1, -0.05) is 23.7 Å². The smallest absolute Gasteiger partial charge is 0.227 e. The van der Waals surface area contributed by atoms with Crippen LogP contribution >= 0.6 is 11.6 Å². The van der Waals surface area contributed by atoms with Gasteiger partial charge in [-0.25, -0.2) is 14.6 Å². The zero-order valence-corrected chi connectivity index (χ0v) is 18.1. The zero-order chi connectivity index (χ0) is 21.9. The molecule has 5 rings (SSSR count). The molecule has 0 amide bonds. The van der Waals surface area contributed by atoms with Crippen LogP contribution in [0.2, 0.25) is 5.02 Å². The van der Waals surface area contributed by atoms with Crippen molar-refractivity contribution in [1.29, 1.82) is 0 Å². The zero-order valence-electron chi connectivity index (χ0n) is 17.4. The van der Waals surface area contributed by atoms with Crippen molar-refractivity contribution in [3.05, 3.63) is 65.7 Å². The maximum Gasteiger partial charge on any atom is 0.227 e. The standard InChI is InChI=1S/C22H21ClN8O/c1-14(12-31-13-27-29-30-31)32-21-8-16(3-5-19(21)23)17-10-25-22(26-11-17)28-18-4-2-15-6-7-24-20(15)9-18/h2-5,8-11,13-14,24H,6-7,12H2,1H3,(H,25,26,28)/t14-/m0/s1. The molecule has 10 heteroatoms. The van der Waals surface area contributed by atoms with E-state index in [1.165, 1.54) is 5.56 Å². The monoisotopic (exact) mass is 448 g/mol. The summed E-state index contributed by atoms with van der Waals surface area (Å²) in [6.07, 6.45) is 5.99. The molecule has 9 nitrogen and oxygen atoms in total. The van der Waals surface area contributed by atoms with E-state index in [9.17, 15) is 0 Å². The lowest BCUT2D eigenvalue weighted by atomic mass is 10.1. The summed E-state index contributed by atoms with van der Waals surface area (Å²) < 4.78 is 7.62. The first kappa shape index (κ1) is 20.2. The summed E-state index contributed by atoms with van der Waals surface area (Å²) in [5, 5.41) is 18.3. The lowest BCUT2D eigenvalue weighted by molar-refractivity contribution is 0.193. The molecular weight excluding hydrogens is 428 g/mol. The van der Waals surface area contributed by atoms with E-state index >= 15 is 0 Å². The summed E-state index contributed by atoms with van der Waals surface area (Å²) in [7, 11) is 0. The van der Waals surface area contributed by atoms with Crippen LogP contribution in [0, 0.1) is 0 Å². The molecule has 0 bridgehead atoms. The molecule has 3 heterocycles. The number of tetrazole rings is 1. The molecule has 1 aliphatic heterocycles. The Hall–Kier alpha value is -3.72. The molecule has 0 spiro atoms. The van der Waals surface area contributed by atoms with Gasteiger partial charge in [0.1, 0.15) is 18.2 Å². The van der Waals surface area contributed by atoms with Gasteiger partial charge in [0.05, 0.1) is 11.6 Å². The maximum atomic E-state index is 6.35. The van der Waals surface area contributed by atoms with Crippen molar-refractivity contribution in [3.8, 4) is 16.9 Å². The number of rotatable bonds is 7. The lowest BCUT2D eigenvalue weighted by Gasteiger charge is -2.16. The van der Waals surface area contributed by atoms with Crippen LogP contribution in [0.4, 0.5) is 17.3 Å². The molecule has 1 aliphatic rings. The van der Waals surface area contributed by atoms with E-state index in [1.807, 2.05) is 25.1 Å². The van der Waals surface area contributed by atoms with E-state index in [0.29, 0.717) is 23.3 Å². The Kier molecular flexibility index (Phi) is 5.55. The molecule has 0 unspecified atom stereocenters. The SMILES string of the molecule is C[C@@H](Cn1cnnn1)Oc1cc(-c2cnc(Nc3ccc4c(c3)NCC4)nc2)ccc1Cl. The number of aromatic nitrogens is 6. The van der Waals surface area contributed by atoms with Crippen molar-refractivity contribution < 1.29 is 4.74 Å². The molecule has 0 radical (unpaired) electrons. The van der Waals surface area contributed by atoms with Crippen molar-refractivity contribution in [3.63, 3.8) is 0 Å². The molecule has 2 N–H and O–H groups in total. The van der Waals surface area contributed by atoms with Crippen LogP contribution in [0.3, 0.4) is 0 Å². The average molecular weight is 449 g/mol. The number of fused-ring (bicyclic) bond motifs is 1. The first-order valence-corrected chi connectivity index (χ1v) is 10.6. The van der Waals surface area contributed by atoms with Crippen LogP contribution < -0.4 is 15.4 Å². The molecule has 2 aromatic carbocycles. The fraction of sp³-hybridized carbons (Fsp3) is 0.227. The van der Waals surface area contributed by atoms with Crippen LogP contribution in [0.5, 0.6) is 5.75 Å². The Balaban J connectivity index is 1.28. The topological polar surface area (TPSA) is 103 Å². The fourth-order valence-electron chi connectivity index (χ4n) is 3.59. The van der Waals surface area contributed by atoms with E-state index in [2.05, 4.69) is 48.3 Å². The minimum absolute atomic E-state index is 0.170. The van der Waals surface area contributed by atoms with Gasteiger partial charge in [0, 0.05) is 35.9 Å². The van der Waals surface area contributed by atoms with Gasteiger partial charge in [-0.15, -0.1) is 5.10 Å². The van der Waals surface area contributed by atoms with E-state index in [4.69, 9.17) is 16.3 Å². The van der Waals surface area contributed by atoms with E-state index in [0.717, 1.165) is 35.5 Å². The second kappa shape index (κ2) is 8.80. The van der Waals surface area contributed by atoms with Crippen LogP contribution in [0.25, 0.3) is 11.1 Å². The van der Waals surface area contributed by atoms with Crippen LogP contribution in [-0.4, -0.2) is 42.8 Å². The third-order valence-electron chi connectivity index (χ3n) is 5.16. The van der Waals surface area contributed by atoms with Crippen LogP contribution in [0.15, 0.2) is 55.1 Å². The molecule has 162 valence electrons. The number of nitrogens with zero attached hydrogens (tertiary/aromatic N) is 6. The molecule has 0 saturated heterocycles. The summed E-state index contributed by atoms with van der Waals surface area (Å²) in [6, 6.07) is 11.9.